The van der Waals surface area contributed by atoms with Crippen molar-refractivity contribution in [3.05, 3.63) is 65.1 Å². The summed E-state index contributed by atoms with van der Waals surface area (Å²) in [4.78, 5) is 0. The Hall–Kier alpha value is -1.92. The Morgan fingerprint density at radius 2 is 1.77 bits per heavy atom. The molecule has 0 aliphatic carbocycles. The lowest BCUT2D eigenvalue weighted by Crippen LogP contribution is -2.22. The van der Waals surface area contributed by atoms with Crippen LogP contribution in [0, 0.1) is 0 Å². The van der Waals surface area contributed by atoms with E-state index in [4.69, 9.17) is 21.2 Å². The van der Waals surface area contributed by atoms with Gasteiger partial charge in [-0.25, -0.2) is 0 Å². The van der Waals surface area contributed by atoms with Crippen molar-refractivity contribution in [2.45, 2.75) is 57.6 Å². The molecule has 1 unspecified atom stereocenters. The van der Waals surface area contributed by atoms with Crippen LogP contribution in [-0.2, 0) is 17.7 Å². The van der Waals surface area contributed by atoms with Gasteiger partial charge >= 0.3 is 0 Å². The van der Waals surface area contributed by atoms with Gasteiger partial charge in [0.15, 0.2) is 0 Å². The summed E-state index contributed by atoms with van der Waals surface area (Å²) in [5.74, 6) is -1.19. The number of aliphatic hydroxyl groups is 2. The lowest BCUT2D eigenvalue weighted by molar-refractivity contribution is 0.126. The number of ether oxygens (including phenoxy) is 1. The second-order valence-electron chi connectivity index (χ2n) is 6.50. The van der Waals surface area contributed by atoms with Gasteiger partial charge in [-0.1, -0.05) is 49.2 Å². The van der Waals surface area contributed by atoms with E-state index in [-0.39, 0.29) is 32.1 Å². The first-order valence-corrected chi connectivity index (χ1v) is 9.86. The molecule has 0 spiro atoms. The number of phenols is 1. The molecule has 0 aliphatic rings. The molecule has 4 N–H and O–H groups in total. The fourth-order valence-corrected chi connectivity index (χ4v) is 2.52. The topological polar surface area (TPSA) is 82.0 Å². The van der Waals surface area contributed by atoms with Crippen LogP contribution in [0.3, 0.4) is 0 Å². The standard InChI is InChI=1S/C25H37NO4/c27-20-23-18-22(13-14-24(23)28)25(29)19-26-15-7-1-2-8-16-30-17-9-6-12-21-10-4-3-5-11-21/h3-5,10-11,13-14,18,25-29H,1-2,6-9,12,15-17,19-20H2/i13D,14D,15D2,16D2,17D2,18D,20D2,25D. The van der Waals surface area contributed by atoms with E-state index in [9.17, 15) is 15.3 Å². The van der Waals surface area contributed by atoms with Crippen molar-refractivity contribution in [1.82, 2.24) is 5.32 Å². The predicted molar refractivity (Wildman–Crippen MR) is 121 cm³/mol. The number of benzene rings is 2. The maximum atomic E-state index is 10.7. The van der Waals surface area contributed by atoms with Gasteiger partial charge in [-0.15, -0.1) is 0 Å². The molecule has 0 aromatic heterocycles. The van der Waals surface area contributed by atoms with Crippen LogP contribution in [0.25, 0.3) is 0 Å². The minimum Gasteiger partial charge on any atom is -0.508 e. The zero-order valence-electron chi connectivity index (χ0n) is 28.8. The van der Waals surface area contributed by atoms with E-state index in [2.05, 4.69) is 5.32 Å². The van der Waals surface area contributed by atoms with Gasteiger partial charge in [0.25, 0.3) is 0 Å². The van der Waals surface area contributed by atoms with Crippen LogP contribution in [0.15, 0.2) is 48.5 Å². The molecule has 0 fully saturated rings. The zero-order chi connectivity index (χ0) is 32.1. The monoisotopic (exact) mass is 427 g/mol. The molecule has 1 atom stereocenters. The predicted octanol–water partition coefficient (Wildman–Crippen LogP) is 4.11. The van der Waals surface area contributed by atoms with Crippen molar-refractivity contribution >= 4 is 0 Å². The molecule has 166 valence electrons. The Morgan fingerprint density at radius 3 is 2.53 bits per heavy atom. The van der Waals surface area contributed by atoms with Gasteiger partial charge in [0, 0.05) is 28.0 Å². The van der Waals surface area contributed by atoms with Crippen LogP contribution in [0.1, 0.15) is 77.7 Å². The number of aryl methyl sites for hydroxylation is 1. The van der Waals surface area contributed by atoms with E-state index < -0.39 is 73.8 Å². The summed E-state index contributed by atoms with van der Waals surface area (Å²) in [5, 5.41) is 32.6. The first kappa shape index (κ1) is 12.2. The van der Waals surface area contributed by atoms with E-state index in [1.54, 1.807) is 0 Å². The van der Waals surface area contributed by atoms with Crippen molar-refractivity contribution in [2.75, 3.05) is 26.2 Å². The lowest BCUT2D eigenvalue weighted by Gasteiger charge is -2.14. The van der Waals surface area contributed by atoms with Crippen LogP contribution < -0.4 is 5.32 Å². The summed E-state index contributed by atoms with van der Waals surface area (Å²) in [6.07, 6.45) is -2.11. The van der Waals surface area contributed by atoms with Crippen LogP contribution in [0.4, 0.5) is 0 Å². The van der Waals surface area contributed by atoms with E-state index in [1.165, 1.54) is 0 Å². The summed E-state index contributed by atoms with van der Waals surface area (Å²) >= 11 is 0. The minimum atomic E-state index is -3.33. The first-order chi connectivity index (χ1) is 19.1. The van der Waals surface area contributed by atoms with Crippen LogP contribution >= 0.6 is 0 Å². The Balaban J connectivity index is 1.91. The fraction of sp³-hybridized carbons (Fsp3) is 0.520. The third-order valence-electron chi connectivity index (χ3n) is 4.14. The molecule has 5 heteroatoms. The molecular formula is C25H37NO4. The number of unbranched alkanes of at least 4 members (excludes halogenated alkanes) is 1. The van der Waals surface area contributed by atoms with Crippen molar-refractivity contribution in [3.8, 4) is 5.75 Å². The Labute approximate surface area is 197 Å². The molecule has 0 heterocycles. The molecule has 0 radical (unpaired) electrons. The third kappa shape index (κ3) is 9.72. The normalized spacial score (nSPS) is 21.0. The largest absolute Gasteiger partial charge is 0.508 e. The average Bonchev–Trinajstić information content (AvgIpc) is 2.83. The fourth-order valence-electron chi connectivity index (χ4n) is 2.52. The molecule has 2 rings (SSSR count). The van der Waals surface area contributed by atoms with Gasteiger partial charge in [0.1, 0.15) is 5.75 Å². The second-order valence-corrected chi connectivity index (χ2v) is 6.50. The summed E-state index contributed by atoms with van der Waals surface area (Å²) in [6, 6.07) is 6.40. The highest BCUT2D eigenvalue weighted by atomic mass is 16.5. The minimum absolute atomic E-state index is 0.0168. The van der Waals surface area contributed by atoms with Crippen molar-refractivity contribution in [3.63, 3.8) is 0 Å². The molecule has 0 amide bonds. The summed E-state index contributed by atoms with van der Waals surface area (Å²) in [6.45, 7) is -11.0. The van der Waals surface area contributed by atoms with Crippen LogP contribution in [0.2, 0.25) is 0 Å². The molecule has 30 heavy (non-hydrogen) atoms. The molecular weight excluding hydrogens is 378 g/mol. The van der Waals surface area contributed by atoms with Crippen molar-refractivity contribution in [1.29, 1.82) is 0 Å². The number of rotatable bonds is 16. The molecule has 0 aliphatic heterocycles. The summed E-state index contributed by atoms with van der Waals surface area (Å²) in [5.41, 5.74) is -0.987. The Bertz CT molecular complexity index is 1190. The molecule has 0 saturated heterocycles. The van der Waals surface area contributed by atoms with E-state index in [0.29, 0.717) is 12.8 Å². The molecule has 5 nitrogen and oxygen atoms in total. The van der Waals surface area contributed by atoms with Crippen molar-refractivity contribution < 1.29 is 36.5 Å². The van der Waals surface area contributed by atoms with Gasteiger partial charge in [-0.2, -0.15) is 0 Å². The Morgan fingerprint density at radius 1 is 1.03 bits per heavy atom. The van der Waals surface area contributed by atoms with Gasteiger partial charge < -0.3 is 25.4 Å². The Kier molecular flexibility index (Phi) is 6.09. The van der Waals surface area contributed by atoms with E-state index in [1.807, 2.05) is 30.3 Å². The number of aromatic hydroxyl groups is 1. The number of hydrogen-bond donors (Lipinski definition) is 4. The SMILES string of the molecule is [2H]c1c([2H])c(C([2H])(O)CNC([2H])([2H])CCCCC([2H])([2H])OC([2H])([2H])CCCc2ccccc2)c([2H])c(C([2H])([2H])O)c1O. The van der Waals surface area contributed by atoms with Crippen LogP contribution in [-0.4, -0.2) is 41.5 Å². The van der Waals surface area contributed by atoms with E-state index in [0.717, 1.165) is 5.56 Å². The van der Waals surface area contributed by atoms with Crippen LogP contribution in [0.5, 0.6) is 5.75 Å². The van der Waals surface area contributed by atoms with Gasteiger partial charge in [-0.3, -0.25) is 0 Å². The highest BCUT2D eigenvalue weighted by Gasteiger charge is 2.09. The highest BCUT2D eigenvalue weighted by Crippen LogP contribution is 2.22. The van der Waals surface area contributed by atoms with E-state index >= 15 is 0 Å². The van der Waals surface area contributed by atoms with Gasteiger partial charge in [0.05, 0.1) is 26.3 Å². The molecule has 2 aromatic rings. The first-order valence-electron chi connectivity index (χ1n) is 15.9. The maximum Gasteiger partial charge on any atom is 0.121 e. The van der Waals surface area contributed by atoms with Gasteiger partial charge in [0.2, 0.25) is 0 Å². The lowest BCUT2D eigenvalue weighted by atomic mass is 10.1. The average molecular weight is 428 g/mol. The molecule has 0 bridgehead atoms. The van der Waals surface area contributed by atoms with Crippen molar-refractivity contribution in [2.24, 2.45) is 0 Å². The smallest absolute Gasteiger partial charge is 0.121 e. The maximum absolute atomic E-state index is 10.7. The highest BCUT2D eigenvalue weighted by molar-refractivity contribution is 5.36. The number of hydrogen-bond acceptors (Lipinski definition) is 5. The summed E-state index contributed by atoms with van der Waals surface area (Å²) in [7, 11) is 0. The summed E-state index contributed by atoms with van der Waals surface area (Å²) < 4.78 is 100. The zero-order valence-corrected chi connectivity index (χ0v) is 16.8. The van der Waals surface area contributed by atoms with Gasteiger partial charge in [-0.05, 0) is 61.8 Å². The quantitative estimate of drug-likeness (QED) is 0.303. The molecule has 2 aromatic carbocycles. The third-order valence-corrected chi connectivity index (χ3v) is 4.14. The molecule has 0 saturated carbocycles. The second kappa shape index (κ2) is 15.0. The number of nitrogens with one attached hydrogen (secondary N) is 1.